The number of aromatic amines is 1. The molecule has 0 aromatic carbocycles. The molecule has 3 rings (SSSR count). The number of fused-ring (bicyclic) bond motifs is 1. The van der Waals surface area contributed by atoms with E-state index >= 15 is 0 Å². The number of aliphatic imine (C=N–C) groups is 1. The predicted molar refractivity (Wildman–Crippen MR) is 81.6 cm³/mol. The van der Waals surface area contributed by atoms with Crippen molar-refractivity contribution in [3.05, 3.63) is 16.6 Å². The molecule has 0 spiro atoms. The summed E-state index contributed by atoms with van der Waals surface area (Å²) in [5, 5.41) is 23.4. The molecule has 0 amide bonds. The van der Waals surface area contributed by atoms with Crippen LogP contribution in [0.2, 0.25) is 0 Å². The average molecular weight is 322 g/mol. The number of aliphatic hydroxyl groups excluding tert-OH is 2. The zero-order valence-corrected chi connectivity index (χ0v) is 12.7. The molecule has 2 aromatic heterocycles. The number of hydrogen-bond acceptors (Lipinski definition) is 7. The molecule has 124 valence electrons. The summed E-state index contributed by atoms with van der Waals surface area (Å²) in [7, 11) is 3.60. The van der Waals surface area contributed by atoms with Crippen LogP contribution >= 0.6 is 0 Å². The van der Waals surface area contributed by atoms with Crippen LogP contribution in [0, 0.1) is 0 Å². The summed E-state index contributed by atoms with van der Waals surface area (Å²) in [4.78, 5) is 24.7. The Morgan fingerprint density at radius 1 is 1.61 bits per heavy atom. The van der Waals surface area contributed by atoms with Gasteiger partial charge in [0.25, 0.3) is 5.56 Å². The van der Waals surface area contributed by atoms with Gasteiger partial charge in [-0.15, -0.1) is 0 Å². The minimum Gasteiger partial charge on any atom is -0.394 e. The fourth-order valence-electron chi connectivity index (χ4n) is 2.40. The number of aliphatic hydroxyl groups is 2. The van der Waals surface area contributed by atoms with E-state index in [0.29, 0.717) is 11.0 Å². The molecule has 10 heteroatoms. The van der Waals surface area contributed by atoms with Gasteiger partial charge in [-0.05, 0) is 0 Å². The van der Waals surface area contributed by atoms with Crippen LogP contribution in [-0.2, 0) is 4.74 Å². The Bertz CT molecular complexity index is 782. The fraction of sp³-hybridized carbons (Fsp3) is 0.538. The zero-order chi connectivity index (χ0) is 16.6. The smallest absolute Gasteiger partial charge is 0.263 e. The molecule has 1 fully saturated rings. The highest BCUT2D eigenvalue weighted by Crippen LogP contribution is 2.29. The Morgan fingerprint density at radius 2 is 2.39 bits per heavy atom. The molecule has 0 saturated carbocycles. The first-order valence-corrected chi connectivity index (χ1v) is 7.12. The van der Waals surface area contributed by atoms with E-state index in [9.17, 15) is 9.90 Å². The molecule has 0 radical (unpaired) electrons. The van der Waals surface area contributed by atoms with Crippen molar-refractivity contribution in [1.29, 1.82) is 0 Å². The molecule has 1 saturated heterocycles. The summed E-state index contributed by atoms with van der Waals surface area (Å²) in [6, 6.07) is 0. The summed E-state index contributed by atoms with van der Waals surface area (Å²) in [5.41, 5.74) is -0.0418. The van der Waals surface area contributed by atoms with Crippen molar-refractivity contribution >= 4 is 23.3 Å². The number of H-pyrrole nitrogens is 1. The minimum atomic E-state index is -0.794. The van der Waals surface area contributed by atoms with E-state index in [-0.39, 0.29) is 24.5 Å². The normalized spacial score (nSPS) is 24.8. The highest BCUT2D eigenvalue weighted by atomic mass is 16.5. The Labute approximate surface area is 131 Å². The summed E-state index contributed by atoms with van der Waals surface area (Å²) < 4.78 is 6.98. The molecule has 3 heterocycles. The summed E-state index contributed by atoms with van der Waals surface area (Å²) >= 11 is 0. The van der Waals surface area contributed by atoms with Gasteiger partial charge in [0.15, 0.2) is 11.9 Å². The average Bonchev–Trinajstić information content (AvgIpc) is 3.08. The van der Waals surface area contributed by atoms with Crippen LogP contribution < -0.4 is 5.56 Å². The van der Waals surface area contributed by atoms with Crippen molar-refractivity contribution in [3.8, 4) is 0 Å². The molecular formula is C13H18N6O4. The van der Waals surface area contributed by atoms with Crippen molar-refractivity contribution < 1.29 is 14.9 Å². The second kappa shape index (κ2) is 6.07. The number of hydrogen-bond donors (Lipinski definition) is 3. The van der Waals surface area contributed by atoms with Gasteiger partial charge in [0, 0.05) is 20.5 Å². The van der Waals surface area contributed by atoms with Crippen LogP contribution in [0.3, 0.4) is 0 Å². The fourth-order valence-corrected chi connectivity index (χ4v) is 2.40. The summed E-state index contributed by atoms with van der Waals surface area (Å²) in [6.07, 6.45) is 1.10. The monoisotopic (exact) mass is 322 g/mol. The van der Waals surface area contributed by atoms with E-state index in [0.717, 1.165) is 0 Å². The molecule has 23 heavy (non-hydrogen) atoms. The maximum absolute atomic E-state index is 12.1. The first-order chi connectivity index (χ1) is 11.0. The zero-order valence-electron chi connectivity index (χ0n) is 12.7. The SMILES string of the molecule is CN(C)/C=N/c1nc2c(cnn2C2CC(O)C(CO)O2)c(=O)[nH]1. The van der Waals surface area contributed by atoms with Crippen molar-refractivity contribution in [1.82, 2.24) is 24.6 Å². The number of rotatable bonds is 4. The highest BCUT2D eigenvalue weighted by molar-refractivity contribution is 5.74. The van der Waals surface area contributed by atoms with Crippen LogP contribution in [0.25, 0.3) is 11.0 Å². The van der Waals surface area contributed by atoms with Crippen molar-refractivity contribution in [2.24, 2.45) is 4.99 Å². The lowest BCUT2D eigenvalue weighted by atomic mass is 10.2. The van der Waals surface area contributed by atoms with Crippen molar-refractivity contribution in [2.45, 2.75) is 24.9 Å². The standard InChI is InChI=1S/C13H18N6O4/c1-18(2)6-14-13-16-11-7(12(22)17-13)4-15-19(11)10-3-8(21)9(5-20)23-10/h4,6,8-10,20-21H,3,5H2,1-2H3,(H,16,17,22)/b14-6+. The van der Waals surface area contributed by atoms with Gasteiger partial charge in [0.05, 0.1) is 25.2 Å². The van der Waals surface area contributed by atoms with Crippen LogP contribution in [0.4, 0.5) is 5.95 Å². The molecule has 3 unspecified atom stereocenters. The maximum atomic E-state index is 12.1. The lowest BCUT2D eigenvalue weighted by molar-refractivity contribution is -0.0470. The van der Waals surface area contributed by atoms with Crippen molar-refractivity contribution in [3.63, 3.8) is 0 Å². The molecule has 3 N–H and O–H groups in total. The topological polar surface area (TPSA) is 129 Å². The van der Waals surface area contributed by atoms with E-state index in [2.05, 4.69) is 20.1 Å². The highest BCUT2D eigenvalue weighted by Gasteiger charge is 2.35. The molecule has 1 aliphatic rings. The third kappa shape index (κ3) is 2.96. The van der Waals surface area contributed by atoms with Crippen LogP contribution in [0.15, 0.2) is 16.0 Å². The maximum Gasteiger partial charge on any atom is 0.263 e. The van der Waals surface area contributed by atoms with Crippen LogP contribution in [0.5, 0.6) is 0 Å². The summed E-state index contributed by atoms with van der Waals surface area (Å²) in [6.45, 7) is -0.288. The van der Waals surface area contributed by atoms with Crippen LogP contribution in [0.1, 0.15) is 12.6 Å². The lowest BCUT2D eigenvalue weighted by Crippen LogP contribution is -2.24. The van der Waals surface area contributed by atoms with Gasteiger partial charge in [-0.25, -0.2) is 9.67 Å². The Balaban J connectivity index is 2.00. The van der Waals surface area contributed by atoms with Gasteiger partial charge in [0.1, 0.15) is 11.5 Å². The third-order valence-corrected chi connectivity index (χ3v) is 3.52. The quantitative estimate of drug-likeness (QED) is 0.485. The Hall–Kier alpha value is -2.30. The molecule has 2 aromatic rings. The number of nitrogens with zero attached hydrogens (tertiary/aromatic N) is 5. The lowest BCUT2D eigenvalue weighted by Gasteiger charge is -2.12. The van der Waals surface area contributed by atoms with E-state index < -0.39 is 18.4 Å². The Kier molecular flexibility index (Phi) is 4.11. The summed E-state index contributed by atoms with van der Waals surface area (Å²) in [5.74, 6) is 0.148. The first kappa shape index (κ1) is 15.6. The number of nitrogens with one attached hydrogen (secondary N) is 1. The van der Waals surface area contributed by atoms with Gasteiger partial charge in [0.2, 0.25) is 5.95 Å². The molecule has 0 aliphatic carbocycles. The van der Waals surface area contributed by atoms with E-state index in [4.69, 9.17) is 9.84 Å². The third-order valence-electron chi connectivity index (χ3n) is 3.52. The molecular weight excluding hydrogens is 304 g/mol. The number of aromatic nitrogens is 4. The van der Waals surface area contributed by atoms with E-state index in [1.165, 1.54) is 17.2 Å². The molecule has 1 aliphatic heterocycles. The van der Waals surface area contributed by atoms with Gasteiger partial charge in [-0.1, -0.05) is 0 Å². The van der Waals surface area contributed by atoms with Crippen LogP contribution in [-0.4, -0.2) is 74.1 Å². The second-order valence-electron chi connectivity index (χ2n) is 5.54. The molecule has 0 bridgehead atoms. The van der Waals surface area contributed by atoms with Gasteiger partial charge >= 0.3 is 0 Å². The van der Waals surface area contributed by atoms with Crippen molar-refractivity contribution in [2.75, 3.05) is 20.7 Å². The first-order valence-electron chi connectivity index (χ1n) is 7.12. The van der Waals surface area contributed by atoms with E-state index in [1.807, 2.05) is 0 Å². The number of ether oxygens (including phenoxy) is 1. The largest absolute Gasteiger partial charge is 0.394 e. The molecule has 3 atom stereocenters. The van der Waals surface area contributed by atoms with Gasteiger partial charge in [-0.2, -0.15) is 10.1 Å². The van der Waals surface area contributed by atoms with Gasteiger partial charge < -0.3 is 19.8 Å². The Morgan fingerprint density at radius 3 is 3.04 bits per heavy atom. The second-order valence-corrected chi connectivity index (χ2v) is 5.54. The predicted octanol–water partition coefficient (Wildman–Crippen LogP) is -1.02. The van der Waals surface area contributed by atoms with E-state index in [1.54, 1.807) is 19.0 Å². The molecule has 10 nitrogen and oxygen atoms in total. The minimum absolute atomic E-state index is 0.148. The van der Waals surface area contributed by atoms with Gasteiger partial charge in [-0.3, -0.25) is 9.78 Å².